The molecule has 106 valence electrons. The number of nitrogens with one attached hydrogen (secondary N) is 1. The van der Waals surface area contributed by atoms with Gasteiger partial charge in [-0.3, -0.25) is 0 Å². The summed E-state index contributed by atoms with van der Waals surface area (Å²) in [6, 6.07) is 11.1. The molecule has 0 saturated heterocycles. The summed E-state index contributed by atoms with van der Waals surface area (Å²) in [5, 5.41) is 4.61. The summed E-state index contributed by atoms with van der Waals surface area (Å²) < 4.78 is 5.11. The Morgan fingerprint density at radius 3 is 2.60 bits per heavy atom. The molecule has 2 aromatic carbocycles. The minimum Gasteiger partial charge on any atom is -0.497 e. The second kappa shape index (κ2) is 6.73. The minimum atomic E-state index is 0.645. The van der Waals surface area contributed by atoms with Crippen LogP contribution >= 0.6 is 23.2 Å². The van der Waals surface area contributed by atoms with Gasteiger partial charge in [-0.2, -0.15) is 0 Å². The molecule has 3 nitrogen and oxygen atoms in total. The highest BCUT2D eigenvalue weighted by molar-refractivity contribution is 6.35. The van der Waals surface area contributed by atoms with Crippen LogP contribution in [0.3, 0.4) is 0 Å². The number of rotatable bonds is 5. The molecule has 0 aliphatic carbocycles. The number of hydrogen-bond acceptors (Lipinski definition) is 3. The van der Waals surface area contributed by atoms with E-state index in [4.69, 9.17) is 33.7 Å². The van der Waals surface area contributed by atoms with Crippen molar-refractivity contribution in [2.45, 2.75) is 6.42 Å². The van der Waals surface area contributed by atoms with Crippen molar-refractivity contribution in [1.29, 1.82) is 0 Å². The average molecular weight is 311 g/mol. The predicted molar refractivity (Wildman–Crippen MR) is 86.1 cm³/mol. The van der Waals surface area contributed by atoms with Crippen LogP contribution in [0.2, 0.25) is 10.0 Å². The number of benzene rings is 2. The Morgan fingerprint density at radius 2 is 1.95 bits per heavy atom. The van der Waals surface area contributed by atoms with Crippen molar-refractivity contribution in [3.63, 3.8) is 0 Å². The summed E-state index contributed by atoms with van der Waals surface area (Å²) in [6.45, 7) is 0.734. The van der Waals surface area contributed by atoms with Crippen molar-refractivity contribution < 1.29 is 4.74 Å². The SMILES string of the molecule is COc1ccc(NCCc2ccc(Cl)cc2Cl)c(N)c1. The molecule has 0 heterocycles. The molecule has 0 aliphatic rings. The van der Waals surface area contributed by atoms with E-state index in [9.17, 15) is 0 Å². The molecule has 0 amide bonds. The second-order valence-corrected chi connectivity index (χ2v) is 5.21. The summed E-state index contributed by atoms with van der Waals surface area (Å²) in [4.78, 5) is 0. The molecular weight excluding hydrogens is 295 g/mol. The molecule has 0 aliphatic heterocycles. The van der Waals surface area contributed by atoms with Crippen LogP contribution in [0.25, 0.3) is 0 Å². The number of hydrogen-bond donors (Lipinski definition) is 2. The van der Waals surface area contributed by atoms with Gasteiger partial charge in [0.1, 0.15) is 5.75 Å². The monoisotopic (exact) mass is 310 g/mol. The number of methoxy groups -OCH3 is 1. The average Bonchev–Trinajstić information content (AvgIpc) is 2.42. The number of nitrogens with two attached hydrogens (primary N) is 1. The van der Waals surface area contributed by atoms with Crippen LogP contribution in [0.5, 0.6) is 5.75 Å². The summed E-state index contributed by atoms with van der Waals surface area (Å²) in [5.74, 6) is 0.744. The van der Waals surface area contributed by atoms with Gasteiger partial charge in [0.25, 0.3) is 0 Å². The Labute approximate surface area is 128 Å². The third kappa shape index (κ3) is 3.71. The van der Waals surface area contributed by atoms with E-state index < -0.39 is 0 Å². The zero-order chi connectivity index (χ0) is 14.5. The van der Waals surface area contributed by atoms with Gasteiger partial charge in [0.2, 0.25) is 0 Å². The molecule has 0 aromatic heterocycles. The molecule has 20 heavy (non-hydrogen) atoms. The standard InChI is InChI=1S/C15H16Cl2N2O/c1-20-12-4-5-15(14(18)9-12)19-7-6-10-2-3-11(16)8-13(10)17/h2-5,8-9,19H,6-7,18H2,1H3. The first-order valence-electron chi connectivity index (χ1n) is 6.21. The fourth-order valence-corrected chi connectivity index (χ4v) is 2.39. The highest BCUT2D eigenvalue weighted by Crippen LogP contribution is 2.25. The number of anilines is 2. The summed E-state index contributed by atoms with van der Waals surface area (Å²) >= 11 is 12.0. The highest BCUT2D eigenvalue weighted by Gasteiger charge is 2.03. The number of halogens is 2. The van der Waals surface area contributed by atoms with E-state index in [2.05, 4.69) is 5.32 Å². The van der Waals surface area contributed by atoms with E-state index in [1.807, 2.05) is 24.3 Å². The molecule has 2 rings (SSSR count). The third-order valence-electron chi connectivity index (χ3n) is 2.98. The first-order chi connectivity index (χ1) is 9.60. The molecular formula is C15H16Cl2N2O. The largest absolute Gasteiger partial charge is 0.497 e. The summed E-state index contributed by atoms with van der Waals surface area (Å²) in [7, 11) is 1.62. The molecule has 2 aromatic rings. The fourth-order valence-electron chi connectivity index (χ4n) is 1.89. The van der Waals surface area contributed by atoms with Gasteiger partial charge in [0, 0.05) is 22.7 Å². The molecule has 0 atom stereocenters. The summed E-state index contributed by atoms with van der Waals surface area (Å²) in [5.41, 5.74) is 8.54. The Hall–Kier alpha value is -1.58. The van der Waals surface area contributed by atoms with Crippen LogP contribution in [-0.4, -0.2) is 13.7 Å². The van der Waals surface area contributed by atoms with Crippen molar-refractivity contribution >= 4 is 34.6 Å². The van der Waals surface area contributed by atoms with E-state index in [1.54, 1.807) is 19.2 Å². The third-order valence-corrected chi connectivity index (χ3v) is 3.57. The summed E-state index contributed by atoms with van der Waals surface area (Å²) in [6.07, 6.45) is 0.793. The second-order valence-electron chi connectivity index (χ2n) is 4.37. The van der Waals surface area contributed by atoms with E-state index in [0.717, 1.165) is 30.0 Å². The van der Waals surface area contributed by atoms with Crippen molar-refractivity contribution in [1.82, 2.24) is 0 Å². The van der Waals surface area contributed by atoms with Gasteiger partial charge in [-0.25, -0.2) is 0 Å². The van der Waals surface area contributed by atoms with Crippen LogP contribution in [-0.2, 0) is 6.42 Å². The topological polar surface area (TPSA) is 47.3 Å². The predicted octanol–water partition coefficient (Wildman–Crippen LogP) is 4.24. The van der Waals surface area contributed by atoms with Gasteiger partial charge in [0.15, 0.2) is 0 Å². The van der Waals surface area contributed by atoms with E-state index in [0.29, 0.717) is 15.7 Å². The zero-order valence-electron chi connectivity index (χ0n) is 11.1. The number of ether oxygens (including phenoxy) is 1. The molecule has 5 heteroatoms. The molecule has 0 radical (unpaired) electrons. The first kappa shape index (κ1) is 14.8. The van der Waals surface area contributed by atoms with Crippen molar-refractivity contribution in [2.75, 3.05) is 24.7 Å². The maximum Gasteiger partial charge on any atom is 0.121 e. The van der Waals surface area contributed by atoms with Gasteiger partial charge in [-0.15, -0.1) is 0 Å². The molecule has 0 spiro atoms. The Bertz CT molecular complexity index is 602. The van der Waals surface area contributed by atoms with Crippen molar-refractivity contribution in [2.24, 2.45) is 0 Å². The van der Waals surface area contributed by atoms with Gasteiger partial charge in [-0.1, -0.05) is 29.3 Å². The van der Waals surface area contributed by atoms with Crippen LogP contribution in [0.1, 0.15) is 5.56 Å². The molecule has 0 bridgehead atoms. The smallest absolute Gasteiger partial charge is 0.121 e. The van der Waals surface area contributed by atoms with Crippen molar-refractivity contribution in [3.8, 4) is 5.75 Å². The molecule has 0 fully saturated rings. The maximum atomic E-state index is 6.13. The number of nitrogen functional groups attached to an aromatic ring is 1. The van der Waals surface area contributed by atoms with Crippen LogP contribution in [0.4, 0.5) is 11.4 Å². The quantitative estimate of drug-likeness (QED) is 0.812. The van der Waals surface area contributed by atoms with E-state index in [-0.39, 0.29) is 0 Å². The van der Waals surface area contributed by atoms with Gasteiger partial charge >= 0.3 is 0 Å². The molecule has 3 N–H and O–H groups in total. The lowest BCUT2D eigenvalue weighted by atomic mass is 10.1. The van der Waals surface area contributed by atoms with E-state index in [1.165, 1.54) is 0 Å². The minimum absolute atomic E-state index is 0.645. The van der Waals surface area contributed by atoms with Gasteiger partial charge in [0.05, 0.1) is 18.5 Å². The van der Waals surface area contributed by atoms with Crippen LogP contribution in [0.15, 0.2) is 36.4 Å². The lowest BCUT2D eigenvalue weighted by Crippen LogP contribution is -2.07. The normalized spacial score (nSPS) is 10.3. The lowest BCUT2D eigenvalue weighted by Gasteiger charge is -2.11. The lowest BCUT2D eigenvalue weighted by molar-refractivity contribution is 0.415. The molecule has 0 unspecified atom stereocenters. The first-order valence-corrected chi connectivity index (χ1v) is 6.97. The van der Waals surface area contributed by atoms with Gasteiger partial charge < -0.3 is 15.8 Å². The van der Waals surface area contributed by atoms with Crippen molar-refractivity contribution in [3.05, 3.63) is 52.0 Å². The van der Waals surface area contributed by atoms with E-state index >= 15 is 0 Å². The highest BCUT2D eigenvalue weighted by atomic mass is 35.5. The molecule has 0 saturated carbocycles. The van der Waals surface area contributed by atoms with Crippen LogP contribution < -0.4 is 15.8 Å². The Balaban J connectivity index is 1.96. The Kier molecular flexibility index (Phi) is 4.99. The zero-order valence-corrected chi connectivity index (χ0v) is 12.6. The Morgan fingerprint density at radius 1 is 1.15 bits per heavy atom. The van der Waals surface area contributed by atoms with Gasteiger partial charge in [-0.05, 0) is 36.2 Å². The maximum absolute atomic E-state index is 6.13. The van der Waals surface area contributed by atoms with Crippen LogP contribution in [0, 0.1) is 0 Å². The fraction of sp³-hybridized carbons (Fsp3) is 0.200.